The summed E-state index contributed by atoms with van der Waals surface area (Å²) in [5.41, 5.74) is 6.07. The van der Waals surface area contributed by atoms with E-state index in [9.17, 15) is 4.79 Å². The van der Waals surface area contributed by atoms with Crippen LogP contribution in [0.4, 0.5) is 5.69 Å². The summed E-state index contributed by atoms with van der Waals surface area (Å²) < 4.78 is 6.27. The van der Waals surface area contributed by atoms with Gasteiger partial charge in [0.25, 0.3) is 5.56 Å². The van der Waals surface area contributed by atoms with Crippen LogP contribution in [0.15, 0.2) is 11.0 Å². The Morgan fingerprint density at radius 3 is 2.71 bits per heavy atom. The average Bonchev–Trinajstić information content (AvgIpc) is 2.47. The number of rotatable bonds is 8. The molecule has 0 radical (unpaired) electrons. The van der Waals surface area contributed by atoms with E-state index in [0.29, 0.717) is 31.9 Å². The Labute approximate surface area is 130 Å². The molecule has 1 aromatic heterocycles. The number of hydrogen-bond acceptors (Lipinski definition) is 5. The molecule has 0 spiro atoms. The Morgan fingerprint density at radius 1 is 1.52 bits per heavy atom. The second kappa shape index (κ2) is 7.77. The van der Waals surface area contributed by atoms with Crippen LogP contribution >= 0.6 is 11.6 Å². The summed E-state index contributed by atoms with van der Waals surface area (Å²) >= 11 is 6.24. The first kappa shape index (κ1) is 17.9. The highest BCUT2D eigenvalue weighted by Crippen LogP contribution is 2.25. The molecular formula is C14H25ClN4O2. The smallest absolute Gasteiger partial charge is 0.287 e. The predicted molar refractivity (Wildman–Crippen MR) is 86.1 cm³/mol. The number of hydrogen-bond donors (Lipinski definition) is 1. The van der Waals surface area contributed by atoms with Gasteiger partial charge in [-0.05, 0) is 18.9 Å². The molecule has 1 aromatic rings. The Hall–Kier alpha value is -1.11. The van der Waals surface area contributed by atoms with Gasteiger partial charge in [-0.1, -0.05) is 25.4 Å². The fourth-order valence-corrected chi connectivity index (χ4v) is 2.23. The molecule has 0 aromatic carbocycles. The monoisotopic (exact) mass is 316 g/mol. The number of anilines is 1. The number of ether oxygens (including phenoxy) is 1. The fraction of sp³-hybridized carbons (Fsp3) is 0.714. The zero-order valence-electron chi connectivity index (χ0n) is 13.2. The van der Waals surface area contributed by atoms with Crippen molar-refractivity contribution in [3.63, 3.8) is 0 Å². The minimum atomic E-state index is -0.296. The van der Waals surface area contributed by atoms with E-state index in [1.165, 1.54) is 4.68 Å². The van der Waals surface area contributed by atoms with E-state index in [1.807, 2.05) is 11.8 Å². The van der Waals surface area contributed by atoms with Gasteiger partial charge in [0.1, 0.15) is 5.02 Å². The van der Waals surface area contributed by atoms with Gasteiger partial charge in [-0.2, -0.15) is 5.10 Å². The first-order chi connectivity index (χ1) is 9.86. The predicted octanol–water partition coefficient (Wildman–Crippen LogP) is 1.35. The third kappa shape index (κ3) is 4.69. The van der Waals surface area contributed by atoms with Crippen LogP contribution in [0.3, 0.4) is 0 Å². The first-order valence-electron chi connectivity index (χ1n) is 7.06. The van der Waals surface area contributed by atoms with Gasteiger partial charge in [0.15, 0.2) is 0 Å². The molecule has 1 heterocycles. The zero-order chi connectivity index (χ0) is 16.0. The summed E-state index contributed by atoms with van der Waals surface area (Å²) in [6.07, 6.45) is 1.63. The Morgan fingerprint density at radius 2 is 2.19 bits per heavy atom. The number of aromatic nitrogens is 2. The zero-order valence-corrected chi connectivity index (χ0v) is 14.0. The van der Waals surface area contributed by atoms with E-state index in [0.717, 1.165) is 6.54 Å². The number of halogens is 1. The van der Waals surface area contributed by atoms with Crippen molar-refractivity contribution < 1.29 is 4.74 Å². The Kier molecular flexibility index (Phi) is 6.64. The van der Waals surface area contributed by atoms with Crippen LogP contribution in [-0.4, -0.2) is 43.1 Å². The van der Waals surface area contributed by atoms with Crippen LogP contribution in [-0.2, 0) is 11.3 Å². The van der Waals surface area contributed by atoms with Crippen LogP contribution in [0.1, 0.15) is 20.8 Å². The highest BCUT2D eigenvalue weighted by molar-refractivity contribution is 6.33. The maximum Gasteiger partial charge on any atom is 0.287 e. The third-order valence-corrected chi connectivity index (χ3v) is 3.72. The van der Waals surface area contributed by atoms with Crippen LogP contribution in [0.25, 0.3) is 0 Å². The third-order valence-electron chi connectivity index (χ3n) is 3.37. The van der Waals surface area contributed by atoms with Crippen molar-refractivity contribution in [2.45, 2.75) is 27.3 Å². The molecule has 0 saturated heterocycles. The molecule has 1 rings (SSSR count). The number of nitrogens with zero attached hydrogens (tertiary/aromatic N) is 3. The lowest BCUT2D eigenvalue weighted by molar-refractivity contribution is 0.182. The highest BCUT2D eigenvalue weighted by Gasteiger charge is 2.22. The Bertz CT molecular complexity index is 516. The maximum atomic E-state index is 12.2. The standard InChI is InChI=1S/C14H25ClN4O2/c1-5-18(10-14(2,3)9-16)11-8-17-19(6-7-21-4)13(20)12(11)15/h8H,5-7,9-10,16H2,1-4H3. The van der Waals surface area contributed by atoms with Crippen LogP contribution < -0.4 is 16.2 Å². The van der Waals surface area contributed by atoms with Crippen molar-refractivity contribution in [3.8, 4) is 0 Å². The molecule has 0 atom stereocenters. The van der Waals surface area contributed by atoms with E-state index < -0.39 is 0 Å². The molecule has 21 heavy (non-hydrogen) atoms. The van der Waals surface area contributed by atoms with Gasteiger partial charge in [-0.3, -0.25) is 4.79 Å². The molecule has 6 nitrogen and oxygen atoms in total. The second-order valence-corrected chi connectivity index (χ2v) is 6.13. The van der Waals surface area contributed by atoms with E-state index >= 15 is 0 Å². The van der Waals surface area contributed by atoms with Gasteiger partial charge in [-0.25, -0.2) is 4.68 Å². The SMILES string of the molecule is CCN(CC(C)(C)CN)c1cnn(CCOC)c(=O)c1Cl. The molecule has 0 aliphatic heterocycles. The molecule has 0 bridgehead atoms. The van der Waals surface area contributed by atoms with E-state index in [1.54, 1.807) is 13.3 Å². The largest absolute Gasteiger partial charge is 0.383 e. The minimum absolute atomic E-state index is 0.0652. The first-order valence-corrected chi connectivity index (χ1v) is 7.43. The van der Waals surface area contributed by atoms with Gasteiger partial charge >= 0.3 is 0 Å². The summed E-state index contributed by atoms with van der Waals surface area (Å²) in [5, 5.41) is 4.36. The average molecular weight is 317 g/mol. The molecule has 120 valence electrons. The molecule has 2 N–H and O–H groups in total. The van der Waals surface area contributed by atoms with Gasteiger partial charge < -0.3 is 15.4 Å². The minimum Gasteiger partial charge on any atom is -0.383 e. The number of methoxy groups -OCH3 is 1. The van der Waals surface area contributed by atoms with Crippen molar-refractivity contribution in [3.05, 3.63) is 21.6 Å². The van der Waals surface area contributed by atoms with E-state index in [-0.39, 0.29) is 16.0 Å². The van der Waals surface area contributed by atoms with Crippen molar-refractivity contribution >= 4 is 17.3 Å². The van der Waals surface area contributed by atoms with E-state index in [2.05, 4.69) is 18.9 Å². The summed E-state index contributed by atoms with van der Waals surface area (Å²) in [6, 6.07) is 0. The van der Waals surface area contributed by atoms with Crippen LogP contribution in [0.2, 0.25) is 5.02 Å². The summed E-state index contributed by atoms with van der Waals surface area (Å²) in [7, 11) is 1.58. The summed E-state index contributed by atoms with van der Waals surface area (Å²) in [6.45, 7) is 8.97. The van der Waals surface area contributed by atoms with Crippen LogP contribution in [0, 0.1) is 5.41 Å². The van der Waals surface area contributed by atoms with Crippen LogP contribution in [0.5, 0.6) is 0 Å². The molecule has 0 aliphatic rings. The molecular weight excluding hydrogens is 292 g/mol. The highest BCUT2D eigenvalue weighted by atomic mass is 35.5. The second-order valence-electron chi connectivity index (χ2n) is 5.75. The van der Waals surface area contributed by atoms with Crippen molar-refractivity contribution in [1.82, 2.24) is 9.78 Å². The summed E-state index contributed by atoms with van der Waals surface area (Å²) in [4.78, 5) is 14.2. The van der Waals surface area contributed by atoms with Gasteiger partial charge in [0.2, 0.25) is 0 Å². The van der Waals surface area contributed by atoms with E-state index in [4.69, 9.17) is 22.1 Å². The van der Waals surface area contributed by atoms with Crippen molar-refractivity contribution in [2.75, 3.05) is 38.3 Å². The fourth-order valence-electron chi connectivity index (χ4n) is 1.96. The topological polar surface area (TPSA) is 73.4 Å². The molecule has 0 saturated carbocycles. The molecule has 0 unspecified atom stereocenters. The quantitative estimate of drug-likeness (QED) is 0.784. The Balaban J connectivity index is 3.06. The molecule has 0 aliphatic carbocycles. The van der Waals surface area contributed by atoms with Gasteiger partial charge in [-0.15, -0.1) is 0 Å². The lowest BCUT2D eigenvalue weighted by Gasteiger charge is -2.32. The lowest BCUT2D eigenvalue weighted by Crippen LogP contribution is -2.40. The molecule has 7 heteroatoms. The lowest BCUT2D eigenvalue weighted by atomic mass is 9.93. The number of nitrogens with two attached hydrogens (primary N) is 1. The molecule has 0 amide bonds. The van der Waals surface area contributed by atoms with Gasteiger partial charge in [0, 0.05) is 20.2 Å². The molecule has 0 fully saturated rings. The van der Waals surface area contributed by atoms with Gasteiger partial charge in [0.05, 0.1) is 25.0 Å². The van der Waals surface area contributed by atoms with Crippen molar-refractivity contribution in [2.24, 2.45) is 11.1 Å². The maximum absolute atomic E-state index is 12.2. The van der Waals surface area contributed by atoms with Crippen molar-refractivity contribution in [1.29, 1.82) is 0 Å². The summed E-state index contributed by atoms with van der Waals surface area (Å²) in [5.74, 6) is 0. The normalized spacial score (nSPS) is 11.7.